The molecular formula is C13H14N4O. The number of nitrogens with zero attached hydrogens (tertiary/aromatic N) is 3. The van der Waals surface area contributed by atoms with E-state index in [0.29, 0.717) is 17.4 Å². The molecule has 1 N–H and O–H groups in total. The van der Waals surface area contributed by atoms with Crippen molar-refractivity contribution < 1.29 is 4.79 Å². The summed E-state index contributed by atoms with van der Waals surface area (Å²) in [5.41, 5.74) is 1.91. The summed E-state index contributed by atoms with van der Waals surface area (Å²) in [6, 6.07) is 9.90. The first-order valence-electron chi connectivity index (χ1n) is 6.04. The van der Waals surface area contributed by atoms with Gasteiger partial charge in [-0.3, -0.25) is 4.79 Å². The Labute approximate surface area is 105 Å². The highest BCUT2D eigenvalue weighted by Gasteiger charge is 2.26. The Morgan fingerprint density at radius 2 is 2.00 bits per heavy atom. The molecule has 3 rings (SSSR count). The second-order valence-electron chi connectivity index (χ2n) is 4.51. The number of amides is 1. The lowest BCUT2D eigenvalue weighted by atomic mass is 10.3. The average molecular weight is 242 g/mol. The lowest BCUT2D eigenvalue weighted by molar-refractivity contribution is 0.0945. The number of nitrogens with one attached hydrogen (secondary N) is 1. The van der Waals surface area contributed by atoms with Crippen LogP contribution in [0, 0.1) is 6.92 Å². The van der Waals surface area contributed by atoms with Gasteiger partial charge in [-0.1, -0.05) is 18.2 Å². The van der Waals surface area contributed by atoms with Gasteiger partial charge in [-0.15, -0.1) is 5.10 Å². The fraction of sp³-hybridized carbons (Fsp3) is 0.308. The van der Waals surface area contributed by atoms with E-state index in [1.54, 1.807) is 6.92 Å². The number of aryl methyl sites for hydroxylation is 1. The van der Waals surface area contributed by atoms with Crippen LogP contribution in [0.4, 0.5) is 0 Å². The van der Waals surface area contributed by atoms with Gasteiger partial charge in [0.15, 0.2) is 5.69 Å². The Hall–Kier alpha value is -2.17. The van der Waals surface area contributed by atoms with Gasteiger partial charge < -0.3 is 5.32 Å². The van der Waals surface area contributed by atoms with Gasteiger partial charge in [0.1, 0.15) is 0 Å². The van der Waals surface area contributed by atoms with Gasteiger partial charge in [0.2, 0.25) is 0 Å². The molecule has 1 saturated carbocycles. The van der Waals surface area contributed by atoms with Gasteiger partial charge >= 0.3 is 0 Å². The Morgan fingerprint density at radius 1 is 1.28 bits per heavy atom. The summed E-state index contributed by atoms with van der Waals surface area (Å²) >= 11 is 0. The van der Waals surface area contributed by atoms with E-state index in [0.717, 1.165) is 18.5 Å². The van der Waals surface area contributed by atoms with Gasteiger partial charge in [-0.25, -0.2) is 0 Å². The van der Waals surface area contributed by atoms with Crippen LogP contribution in [0.2, 0.25) is 0 Å². The van der Waals surface area contributed by atoms with Crippen LogP contribution in [-0.4, -0.2) is 26.9 Å². The van der Waals surface area contributed by atoms with Gasteiger partial charge in [-0.05, 0) is 31.9 Å². The maximum absolute atomic E-state index is 11.9. The van der Waals surface area contributed by atoms with Gasteiger partial charge in [-0.2, -0.15) is 9.90 Å². The zero-order valence-electron chi connectivity index (χ0n) is 10.1. The van der Waals surface area contributed by atoms with Crippen molar-refractivity contribution in [2.45, 2.75) is 25.8 Å². The van der Waals surface area contributed by atoms with Crippen LogP contribution in [0.3, 0.4) is 0 Å². The third-order valence-electron chi connectivity index (χ3n) is 2.90. The topological polar surface area (TPSA) is 59.8 Å². The molecular weight excluding hydrogens is 228 g/mol. The molecule has 1 aliphatic rings. The molecule has 1 aliphatic carbocycles. The van der Waals surface area contributed by atoms with E-state index in [4.69, 9.17) is 0 Å². The standard InChI is InChI=1S/C13H14N4O/c1-9-12(13(18)14-10-7-8-10)16-17(15-9)11-5-3-2-4-6-11/h2-6,10H,7-8H2,1H3,(H,14,18). The molecule has 0 aliphatic heterocycles. The minimum atomic E-state index is -0.128. The summed E-state index contributed by atoms with van der Waals surface area (Å²) in [5.74, 6) is -0.128. The van der Waals surface area contributed by atoms with Crippen LogP contribution in [0.5, 0.6) is 0 Å². The fourth-order valence-corrected chi connectivity index (χ4v) is 1.75. The predicted molar refractivity (Wildman–Crippen MR) is 66.6 cm³/mol. The quantitative estimate of drug-likeness (QED) is 0.886. The highest BCUT2D eigenvalue weighted by molar-refractivity contribution is 5.93. The molecule has 2 aromatic rings. The summed E-state index contributed by atoms with van der Waals surface area (Å²) < 4.78 is 0. The molecule has 0 unspecified atom stereocenters. The van der Waals surface area contributed by atoms with E-state index in [9.17, 15) is 4.79 Å². The number of hydrogen-bond donors (Lipinski definition) is 1. The van der Waals surface area contributed by atoms with Crippen molar-refractivity contribution in [3.05, 3.63) is 41.7 Å². The number of carbonyl (C=O) groups is 1. The highest BCUT2D eigenvalue weighted by Crippen LogP contribution is 2.19. The minimum Gasteiger partial charge on any atom is -0.348 e. The van der Waals surface area contributed by atoms with Crippen molar-refractivity contribution >= 4 is 5.91 Å². The van der Waals surface area contributed by atoms with E-state index >= 15 is 0 Å². The second-order valence-corrected chi connectivity index (χ2v) is 4.51. The summed E-state index contributed by atoms with van der Waals surface area (Å²) in [6.07, 6.45) is 2.13. The normalized spacial score (nSPS) is 14.5. The second kappa shape index (κ2) is 4.25. The molecule has 1 heterocycles. The molecule has 18 heavy (non-hydrogen) atoms. The van der Waals surface area contributed by atoms with Crippen LogP contribution in [0.25, 0.3) is 5.69 Å². The third-order valence-corrected chi connectivity index (χ3v) is 2.90. The van der Waals surface area contributed by atoms with E-state index in [1.807, 2.05) is 30.3 Å². The van der Waals surface area contributed by atoms with E-state index in [1.165, 1.54) is 4.80 Å². The zero-order valence-corrected chi connectivity index (χ0v) is 10.1. The van der Waals surface area contributed by atoms with Crippen molar-refractivity contribution in [1.29, 1.82) is 0 Å². The fourth-order valence-electron chi connectivity index (χ4n) is 1.75. The Morgan fingerprint density at radius 3 is 2.67 bits per heavy atom. The zero-order chi connectivity index (χ0) is 12.5. The van der Waals surface area contributed by atoms with Crippen molar-refractivity contribution in [3.8, 4) is 5.69 Å². The SMILES string of the molecule is Cc1nn(-c2ccccc2)nc1C(=O)NC1CC1. The minimum absolute atomic E-state index is 0.128. The average Bonchev–Trinajstić information content (AvgIpc) is 3.10. The van der Waals surface area contributed by atoms with E-state index in [-0.39, 0.29) is 5.91 Å². The van der Waals surface area contributed by atoms with Crippen LogP contribution >= 0.6 is 0 Å². The van der Waals surface area contributed by atoms with Crippen molar-refractivity contribution in [2.24, 2.45) is 0 Å². The largest absolute Gasteiger partial charge is 0.348 e. The van der Waals surface area contributed by atoms with Gasteiger partial charge in [0.05, 0.1) is 11.4 Å². The molecule has 92 valence electrons. The lowest BCUT2D eigenvalue weighted by Gasteiger charge is -1.99. The molecule has 0 atom stereocenters. The number of aromatic nitrogens is 3. The van der Waals surface area contributed by atoms with E-state index < -0.39 is 0 Å². The van der Waals surface area contributed by atoms with Crippen molar-refractivity contribution in [1.82, 2.24) is 20.3 Å². The Bertz CT molecular complexity index is 572. The van der Waals surface area contributed by atoms with Gasteiger partial charge in [0, 0.05) is 6.04 Å². The van der Waals surface area contributed by atoms with Crippen LogP contribution in [-0.2, 0) is 0 Å². The van der Waals surface area contributed by atoms with Crippen molar-refractivity contribution in [3.63, 3.8) is 0 Å². The summed E-state index contributed by atoms with van der Waals surface area (Å²) in [7, 11) is 0. The summed E-state index contributed by atoms with van der Waals surface area (Å²) in [5, 5.41) is 11.4. The maximum atomic E-state index is 11.9. The molecule has 1 amide bonds. The first kappa shape index (κ1) is 11.0. The lowest BCUT2D eigenvalue weighted by Crippen LogP contribution is -2.26. The van der Waals surface area contributed by atoms with Gasteiger partial charge in [0.25, 0.3) is 5.91 Å². The first-order chi connectivity index (χ1) is 8.74. The summed E-state index contributed by atoms with van der Waals surface area (Å²) in [4.78, 5) is 13.4. The number of carbonyl (C=O) groups excluding carboxylic acids is 1. The molecule has 5 nitrogen and oxygen atoms in total. The Balaban J connectivity index is 1.88. The third kappa shape index (κ3) is 2.11. The number of para-hydroxylation sites is 1. The van der Waals surface area contributed by atoms with Crippen LogP contribution in [0.15, 0.2) is 30.3 Å². The van der Waals surface area contributed by atoms with Crippen molar-refractivity contribution in [2.75, 3.05) is 0 Å². The molecule has 0 bridgehead atoms. The first-order valence-corrected chi connectivity index (χ1v) is 6.04. The molecule has 0 radical (unpaired) electrons. The molecule has 1 fully saturated rings. The summed E-state index contributed by atoms with van der Waals surface area (Å²) in [6.45, 7) is 1.80. The van der Waals surface area contributed by atoms with E-state index in [2.05, 4.69) is 15.5 Å². The molecule has 0 saturated heterocycles. The monoisotopic (exact) mass is 242 g/mol. The Kier molecular flexibility index (Phi) is 2.59. The van der Waals surface area contributed by atoms with Crippen LogP contribution < -0.4 is 5.32 Å². The number of hydrogen-bond acceptors (Lipinski definition) is 3. The highest BCUT2D eigenvalue weighted by atomic mass is 16.2. The maximum Gasteiger partial charge on any atom is 0.273 e. The molecule has 1 aromatic carbocycles. The number of rotatable bonds is 3. The molecule has 0 spiro atoms. The molecule has 1 aromatic heterocycles. The smallest absolute Gasteiger partial charge is 0.273 e. The predicted octanol–water partition coefficient (Wildman–Crippen LogP) is 1.47. The van der Waals surface area contributed by atoms with Crippen LogP contribution in [0.1, 0.15) is 29.0 Å². The number of benzene rings is 1. The molecule has 5 heteroatoms.